The van der Waals surface area contributed by atoms with E-state index in [-0.39, 0.29) is 24.2 Å². The maximum absolute atomic E-state index is 13.2. The predicted octanol–water partition coefficient (Wildman–Crippen LogP) is 7.45. The first-order valence-corrected chi connectivity index (χ1v) is 16.8. The second kappa shape index (κ2) is 15.5. The van der Waals surface area contributed by atoms with Crippen molar-refractivity contribution in [2.24, 2.45) is 5.92 Å². The summed E-state index contributed by atoms with van der Waals surface area (Å²) in [5.41, 5.74) is 2.45. The van der Waals surface area contributed by atoms with Crippen molar-refractivity contribution in [3.8, 4) is 0 Å². The van der Waals surface area contributed by atoms with Crippen LogP contribution >= 0.6 is 11.3 Å². The molecule has 2 aliphatic heterocycles. The highest BCUT2D eigenvalue weighted by Crippen LogP contribution is 2.35. The Morgan fingerprint density at radius 2 is 1.24 bits per heavy atom. The summed E-state index contributed by atoms with van der Waals surface area (Å²) >= 11 is 1.07. The number of rotatable bonds is 12. The van der Waals surface area contributed by atoms with E-state index in [9.17, 15) is 13.2 Å². The Morgan fingerprint density at radius 3 is 1.74 bits per heavy atom. The molecule has 0 amide bonds. The smallest absolute Gasteiger partial charge is 0.369 e. The average molecular weight is 652 g/mol. The molecule has 3 aromatic carbocycles. The van der Waals surface area contributed by atoms with Crippen LogP contribution in [0.25, 0.3) is 0 Å². The van der Waals surface area contributed by atoms with Crippen LogP contribution < -0.4 is 4.90 Å². The van der Waals surface area contributed by atoms with Crippen molar-refractivity contribution in [1.82, 2.24) is 9.88 Å². The van der Waals surface area contributed by atoms with Gasteiger partial charge in [0.1, 0.15) is 6.10 Å². The highest BCUT2D eigenvalue weighted by atomic mass is 32.1. The highest BCUT2D eigenvalue weighted by Gasteiger charge is 2.41. The van der Waals surface area contributed by atoms with Gasteiger partial charge in [-0.2, -0.15) is 13.2 Å². The summed E-state index contributed by atoms with van der Waals surface area (Å²) in [4.78, 5) is 8.33. The zero-order chi connectivity index (χ0) is 31.8. The summed E-state index contributed by atoms with van der Waals surface area (Å²) < 4.78 is 59.6. The van der Waals surface area contributed by atoms with Crippen LogP contribution in [0.5, 0.6) is 0 Å². The van der Waals surface area contributed by atoms with E-state index in [1.54, 1.807) is 0 Å². The molecule has 2 aliphatic rings. The minimum absolute atomic E-state index is 0.244. The molecule has 3 atom stereocenters. The van der Waals surface area contributed by atoms with E-state index >= 15 is 0 Å². The van der Waals surface area contributed by atoms with E-state index < -0.39 is 11.9 Å². The van der Waals surface area contributed by atoms with Gasteiger partial charge in [-0.1, -0.05) is 91.0 Å². The Kier molecular flexibility index (Phi) is 11.0. The number of likely N-dealkylation sites (tertiary alicyclic amines) is 1. The molecule has 0 spiro atoms. The van der Waals surface area contributed by atoms with Crippen molar-refractivity contribution in [2.75, 3.05) is 37.6 Å². The van der Waals surface area contributed by atoms with E-state index in [2.05, 4.69) is 46.3 Å². The second-order valence-corrected chi connectivity index (χ2v) is 13.0. The quantitative estimate of drug-likeness (QED) is 0.159. The van der Waals surface area contributed by atoms with E-state index in [1.165, 1.54) is 0 Å². The van der Waals surface area contributed by atoms with Crippen molar-refractivity contribution < 1.29 is 27.4 Å². The fourth-order valence-corrected chi connectivity index (χ4v) is 7.17. The third kappa shape index (κ3) is 8.95. The third-order valence-electron chi connectivity index (χ3n) is 8.60. The lowest BCUT2D eigenvalue weighted by atomic mass is 9.94. The lowest BCUT2D eigenvalue weighted by Crippen LogP contribution is -2.59. The number of hydrogen-bond acceptors (Lipinski definition) is 7. The first-order valence-electron chi connectivity index (χ1n) is 15.9. The summed E-state index contributed by atoms with van der Waals surface area (Å²) in [5.74, 6) is 0.276. The van der Waals surface area contributed by atoms with E-state index in [0.717, 1.165) is 52.8 Å². The van der Waals surface area contributed by atoms with Gasteiger partial charge in [-0.05, 0) is 35.4 Å². The van der Waals surface area contributed by atoms with E-state index in [1.807, 2.05) is 59.5 Å². The SMILES string of the molecule is FC(F)(F)c1csc(N2CCC[C@H](CN3C[C@@H](OCc4ccccc4)C(OCc4ccccc4)[C@H](OCc4ccccc4)C3)C2)n1. The minimum Gasteiger partial charge on any atom is -0.369 e. The number of anilines is 1. The molecular weight excluding hydrogens is 611 g/mol. The molecule has 3 heterocycles. The van der Waals surface area contributed by atoms with E-state index in [0.29, 0.717) is 51.1 Å². The van der Waals surface area contributed by atoms with Crippen molar-refractivity contribution in [1.29, 1.82) is 0 Å². The molecule has 1 aromatic heterocycles. The van der Waals surface area contributed by atoms with Crippen molar-refractivity contribution in [3.63, 3.8) is 0 Å². The first-order chi connectivity index (χ1) is 22.4. The molecule has 4 aromatic rings. The van der Waals surface area contributed by atoms with Gasteiger partial charge in [-0.3, -0.25) is 4.90 Å². The molecule has 0 N–H and O–H groups in total. The molecule has 0 saturated carbocycles. The van der Waals surface area contributed by atoms with Crippen LogP contribution in [0.4, 0.5) is 18.3 Å². The van der Waals surface area contributed by atoms with Crippen LogP contribution in [0, 0.1) is 5.92 Å². The lowest BCUT2D eigenvalue weighted by Gasteiger charge is -2.45. The number of halogens is 3. The summed E-state index contributed by atoms with van der Waals surface area (Å²) in [6.07, 6.45) is -3.30. The number of hydrogen-bond donors (Lipinski definition) is 0. The molecular formula is C36H40F3N3O3S. The number of thiazole rings is 1. The molecule has 0 unspecified atom stereocenters. The Bertz CT molecular complexity index is 1420. The Labute approximate surface area is 272 Å². The maximum atomic E-state index is 13.2. The van der Waals surface area contributed by atoms with Crippen LogP contribution in [0.3, 0.4) is 0 Å². The summed E-state index contributed by atoms with van der Waals surface area (Å²) in [6.45, 7) is 4.87. The average Bonchev–Trinajstić information content (AvgIpc) is 3.59. The molecule has 6 nitrogen and oxygen atoms in total. The van der Waals surface area contributed by atoms with Crippen LogP contribution in [0.1, 0.15) is 35.2 Å². The molecule has 0 aliphatic carbocycles. The monoisotopic (exact) mass is 651 g/mol. The fourth-order valence-electron chi connectivity index (χ4n) is 6.30. The minimum atomic E-state index is -4.43. The van der Waals surface area contributed by atoms with Crippen LogP contribution in [-0.4, -0.2) is 60.9 Å². The molecule has 0 bridgehead atoms. The number of piperidine rings is 2. The van der Waals surface area contributed by atoms with Crippen molar-refractivity contribution >= 4 is 16.5 Å². The van der Waals surface area contributed by atoms with Gasteiger partial charge in [0.25, 0.3) is 0 Å². The van der Waals surface area contributed by atoms with Crippen LogP contribution in [-0.2, 0) is 40.2 Å². The van der Waals surface area contributed by atoms with E-state index in [4.69, 9.17) is 14.2 Å². The normalized spacial score (nSPS) is 21.5. The van der Waals surface area contributed by atoms with Crippen molar-refractivity contribution in [2.45, 2.75) is 57.2 Å². The maximum Gasteiger partial charge on any atom is 0.434 e. The number of benzene rings is 3. The predicted molar refractivity (Wildman–Crippen MR) is 174 cm³/mol. The number of alkyl halides is 3. The van der Waals surface area contributed by atoms with Gasteiger partial charge in [0.15, 0.2) is 10.8 Å². The van der Waals surface area contributed by atoms with Gasteiger partial charge in [-0.25, -0.2) is 4.98 Å². The summed E-state index contributed by atoms with van der Waals surface area (Å²) in [6, 6.07) is 30.4. The standard InChI is InChI=1S/C36H40F3N3O3S/c37-36(38,39)33-26-46-35(40-33)42-18-10-17-30(20-42)19-41-21-31(43-23-27-11-4-1-5-12-27)34(45-25-29-15-8-3-9-16-29)32(22-41)44-24-28-13-6-2-7-14-28/h1-9,11-16,26,30-32,34H,10,17-25H2/t30-,31-,32-/m1/s1. The molecule has 0 radical (unpaired) electrons. The van der Waals surface area contributed by atoms with Gasteiger partial charge < -0.3 is 19.1 Å². The number of ether oxygens (including phenoxy) is 3. The zero-order valence-electron chi connectivity index (χ0n) is 25.7. The molecule has 46 heavy (non-hydrogen) atoms. The Hall–Kier alpha value is -3.28. The second-order valence-electron chi connectivity index (χ2n) is 12.1. The lowest BCUT2D eigenvalue weighted by molar-refractivity contribution is -0.185. The largest absolute Gasteiger partial charge is 0.434 e. The number of nitrogens with zero attached hydrogens (tertiary/aromatic N) is 3. The molecule has 6 rings (SSSR count). The van der Waals surface area contributed by atoms with Crippen molar-refractivity contribution in [3.05, 3.63) is 119 Å². The molecule has 10 heteroatoms. The molecule has 244 valence electrons. The van der Waals surface area contributed by atoms with Gasteiger partial charge in [0, 0.05) is 38.1 Å². The topological polar surface area (TPSA) is 47.1 Å². The first kappa shape index (κ1) is 32.7. The highest BCUT2D eigenvalue weighted by molar-refractivity contribution is 7.13. The van der Waals surface area contributed by atoms with Crippen LogP contribution in [0.2, 0.25) is 0 Å². The summed E-state index contributed by atoms with van der Waals surface area (Å²) in [5, 5.41) is 1.56. The molecule has 2 saturated heterocycles. The zero-order valence-corrected chi connectivity index (χ0v) is 26.5. The Balaban J connectivity index is 1.18. The fraction of sp³-hybridized carbons (Fsp3) is 0.417. The van der Waals surface area contributed by atoms with Gasteiger partial charge in [0.05, 0.1) is 32.0 Å². The van der Waals surface area contributed by atoms with Gasteiger partial charge in [-0.15, -0.1) is 11.3 Å². The van der Waals surface area contributed by atoms with Crippen LogP contribution in [0.15, 0.2) is 96.4 Å². The van der Waals surface area contributed by atoms with Gasteiger partial charge >= 0.3 is 6.18 Å². The summed E-state index contributed by atoms with van der Waals surface area (Å²) in [7, 11) is 0. The Morgan fingerprint density at radius 1 is 0.717 bits per heavy atom. The third-order valence-corrected chi connectivity index (χ3v) is 9.50. The number of aromatic nitrogens is 1. The van der Waals surface area contributed by atoms with Gasteiger partial charge in [0.2, 0.25) is 0 Å². The molecule has 2 fully saturated rings.